The van der Waals surface area contributed by atoms with E-state index >= 15 is 0 Å². The van der Waals surface area contributed by atoms with E-state index in [2.05, 4.69) is 6.07 Å². The molecule has 0 atom stereocenters. The fraction of sp³-hybridized carbons (Fsp3) is 0.200. The zero-order valence-electron chi connectivity index (χ0n) is 11.1. The minimum absolute atomic E-state index is 0.0223. The van der Waals surface area contributed by atoms with Crippen LogP contribution in [-0.2, 0) is 0 Å². The molecule has 1 amide bonds. The van der Waals surface area contributed by atoms with Gasteiger partial charge in [-0.15, -0.1) is 11.3 Å². The molecule has 3 nitrogen and oxygen atoms in total. The van der Waals surface area contributed by atoms with Crippen LogP contribution in [0.15, 0.2) is 30.3 Å². The highest BCUT2D eigenvalue weighted by Gasteiger charge is 2.16. The van der Waals surface area contributed by atoms with Crippen molar-refractivity contribution in [2.24, 2.45) is 0 Å². The largest absolute Gasteiger partial charge is 0.311 e. The maximum absolute atomic E-state index is 12.3. The van der Waals surface area contributed by atoms with Gasteiger partial charge in [-0.2, -0.15) is 5.26 Å². The van der Waals surface area contributed by atoms with Crippen LogP contribution in [0.1, 0.15) is 25.7 Å². The van der Waals surface area contributed by atoms with Crippen LogP contribution in [0.4, 0.5) is 5.69 Å². The minimum atomic E-state index is -0.0223. The Balaban J connectivity index is 2.25. The predicted molar refractivity (Wildman–Crippen MR) is 77.7 cm³/mol. The van der Waals surface area contributed by atoms with E-state index in [-0.39, 0.29) is 5.91 Å². The molecule has 4 heteroatoms. The fourth-order valence-corrected chi connectivity index (χ4v) is 2.73. The Labute approximate surface area is 116 Å². The zero-order chi connectivity index (χ0) is 14.0. The monoisotopic (exact) mass is 270 g/mol. The van der Waals surface area contributed by atoms with Gasteiger partial charge in [0, 0.05) is 17.6 Å². The van der Waals surface area contributed by atoms with Crippen molar-refractivity contribution in [3.8, 4) is 6.07 Å². The second-order valence-corrected chi connectivity index (χ2v) is 5.63. The number of hydrogen-bond acceptors (Lipinski definition) is 3. The maximum Gasteiger partial charge on any atom is 0.268 e. The number of anilines is 1. The smallest absolute Gasteiger partial charge is 0.268 e. The molecule has 0 spiro atoms. The molecule has 0 saturated heterocycles. The summed E-state index contributed by atoms with van der Waals surface area (Å²) in [6, 6.07) is 11.0. The van der Waals surface area contributed by atoms with Crippen molar-refractivity contribution in [2.45, 2.75) is 13.8 Å². The Morgan fingerprint density at radius 1 is 1.26 bits per heavy atom. The van der Waals surface area contributed by atoms with Gasteiger partial charge < -0.3 is 4.90 Å². The van der Waals surface area contributed by atoms with E-state index in [1.165, 1.54) is 11.3 Å². The number of thiophene rings is 1. The molecule has 0 unspecified atom stereocenters. The Morgan fingerprint density at radius 2 is 1.89 bits per heavy atom. The zero-order valence-corrected chi connectivity index (χ0v) is 11.9. The first kappa shape index (κ1) is 13.3. The van der Waals surface area contributed by atoms with E-state index in [0.29, 0.717) is 5.56 Å². The van der Waals surface area contributed by atoms with E-state index in [0.717, 1.165) is 21.0 Å². The molecule has 0 N–H and O–H groups in total. The summed E-state index contributed by atoms with van der Waals surface area (Å²) in [5.41, 5.74) is 2.52. The van der Waals surface area contributed by atoms with Crippen molar-refractivity contribution in [1.82, 2.24) is 0 Å². The van der Waals surface area contributed by atoms with Crippen molar-refractivity contribution in [2.75, 3.05) is 11.9 Å². The third kappa shape index (κ3) is 2.67. The average Bonchev–Trinajstić information content (AvgIpc) is 2.77. The molecule has 19 heavy (non-hydrogen) atoms. The molecule has 0 aliphatic rings. The Hall–Kier alpha value is -2.12. The number of aryl methyl sites for hydroxylation is 2. The Morgan fingerprint density at radius 3 is 2.37 bits per heavy atom. The Kier molecular flexibility index (Phi) is 3.68. The Bertz CT molecular complexity index is 630. The van der Waals surface area contributed by atoms with Crippen LogP contribution < -0.4 is 4.90 Å². The van der Waals surface area contributed by atoms with Crippen LogP contribution in [0.5, 0.6) is 0 Å². The number of nitriles is 1. The van der Waals surface area contributed by atoms with E-state index in [1.54, 1.807) is 36.2 Å². The van der Waals surface area contributed by atoms with Crippen molar-refractivity contribution >= 4 is 22.9 Å². The number of nitrogens with zero attached hydrogens (tertiary/aromatic N) is 2. The molecule has 2 rings (SSSR count). The van der Waals surface area contributed by atoms with E-state index in [1.807, 2.05) is 19.9 Å². The lowest BCUT2D eigenvalue weighted by Gasteiger charge is -2.16. The molecule has 0 aliphatic heterocycles. The van der Waals surface area contributed by atoms with E-state index in [9.17, 15) is 4.79 Å². The van der Waals surface area contributed by atoms with Crippen molar-refractivity contribution in [3.05, 3.63) is 51.2 Å². The molecule has 1 aromatic carbocycles. The van der Waals surface area contributed by atoms with Gasteiger partial charge in [-0.3, -0.25) is 4.79 Å². The summed E-state index contributed by atoms with van der Waals surface area (Å²) in [6.45, 7) is 4.02. The molecule has 0 fully saturated rings. The summed E-state index contributed by atoms with van der Waals surface area (Å²) in [7, 11) is 1.74. The third-order valence-corrected chi connectivity index (χ3v) is 4.21. The van der Waals surface area contributed by atoms with Gasteiger partial charge >= 0.3 is 0 Å². The summed E-state index contributed by atoms with van der Waals surface area (Å²) in [4.78, 5) is 15.8. The fourth-order valence-electron chi connectivity index (χ4n) is 1.72. The molecule has 0 radical (unpaired) electrons. The number of rotatable bonds is 2. The van der Waals surface area contributed by atoms with Crippen LogP contribution >= 0.6 is 11.3 Å². The topological polar surface area (TPSA) is 44.1 Å². The standard InChI is InChI=1S/C15H14N2OS/c1-10-8-14(19-11(10)2)15(18)17(3)13-6-4-12(9-16)5-7-13/h4-8H,1-3H3. The first-order chi connectivity index (χ1) is 9.02. The number of benzene rings is 1. The first-order valence-electron chi connectivity index (χ1n) is 5.88. The van der Waals surface area contributed by atoms with Crippen molar-refractivity contribution in [3.63, 3.8) is 0 Å². The van der Waals surface area contributed by atoms with Crippen LogP contribution in [0.3, 0.4) is 0 Å². The van der Waals surface area contributed by atoms with Crippen LogP contribution in [0, 0.1) is 25.2 Å². The van der Waals surface area contributed by atoms with Crippen LogP contribution in [-0.4, -0.2) is 13.0 Å². The summed E-state index contributed by atoms with van der Waals surface area (Å²) in [5.74, 6) is -0.0223. The molecular weight excluding hydrogens is 256 g/mol. The molecule has 0 aliphatic carbocycles. The molecular formula is C15H14N2OS. The summed E-state index contributed by atoms with van der Waals surface area (Å²) >= 11 is 1.51. The van der Waals surface area contributed by atoms with Gasteiger partial charge in [-0.05, 0) is 49.7 Å². The van der Waals surface area contributed by atoms with Crippen LogP contribution in [0.25, 0.3) is 0 Å². The van der Waals surface area contributed by atoms with Gasteiger partial charge in [0.05, 0.1) is 16.5 Å². The molecule has 96 valence electrons. The van der Waals surface area contributed by atoms with E-state index < -0.39 is 0 Å². The first-order valence-corrected chi connectivity index (χ1v) is 6.70. The van der Waals surface area contributed by atoms with Gasteiger partial charge in [0.1, 0.15) is 0 Å². The highest BCUT2D eigenvalue weighted by atomic mass is 32.1. The van der Waals surface area contributed by atoms with Crippen LogP contribution in [0.2, 0.25) is 0 Å². The SMILES string of the molecule is Cc1cc(C(=O)N(C)c2ccc(C#N)cc2)sc1C. The van der Waals surface area contributed by atoms with Gasteiger partial charge in [-0.25, -0.2) is 0 Å². The number of carbonyl (C=O) groups is 1. The lowest BCUT2D eigenvalue weighted by atomic mass is 10.2. The average molecular weight is 270 g/mol. The molecule has 0 bridgehead atoms. The molecule has 2 aromatic rings. The predicted octanol–water partition coefficient (Wildman–Crippen LogP) is 3.51. The summed E-state index contributed by atoms with van der Waals surface area (Å²) < 4.78 is 0. The second-order valence-electron chi connectivity index (χ2n) is 4.37. The van der Waals surface area contributed by atoms with Gasteiger partial charge in [0.25, 0.3) is 5.91 Å². The molecule has 0 saturated carbocycles. The van der Waals surface area contributed by atoms with Crippen molar-refractivity contribution in [1.29, 1.82) is 5.26 Å². The highest BCUT2D eigenvalue weighted by molar-refractivity contribution is 7.14. The molecule has 1 heterocycles. The maximum atomic E-state index is 12.3. The van der Waals surface area contributed by atoms with Crippen molar-refractivity contribution < 1.29 is 4.79 Å². The lowest BCUT2D eigenvalue weighted by molar-refractivity contribution is 0.0997. The lowest BCUT2D eigenvalue weighted by Crippen LogP contribution is -2.25. The van der Waals surface area contributed by atoms with Gasteiger partial charge in [-0.1, -0.05) is 0 Å². The summed E-state index contributed by atoms with van der Waals surface area (Å²) in [6.07, 6.45) is 0. The normalized spacial score (nSPS) is 10.0. The van der Waals surface area contributed by atoms with Gasteiger partial charge in [0.15, 0.2) is 0 Å². The minimum Gasteiger partial charge on any atom is -0.311 e. The quantitative estimate of drug-likeness (QED) is 0.838. The second kappa shape index (κ2) is 5.25. The molecule has 1 aromatic heterocycles. The summed E-state index contributed by atoms with van der Waals surface area (Å²) in [5, 5.41) is 8.76. The number of carbonyl (C=O) groups excluding carboxylic acids is 1. The number of amides is 1. The van der Waals surface area contributed by atoms with E-state index in [4.69, 9.17) is 5.26 Å². The third-order valence-electron chi connectivity index (χ3n) is 3.07. The number of hydrogen-bond donors (Lipinski definition) is 0. The highest BCUT2D eigenvalue weighted by Crippen LogP contribution is 2.24. The van der Waals surface area contributed by atoms with Gasteiger partial charge in [0.2, 0.25) is 0 Å².